The molecule has 2 aliphatic rings. The SMILES string of the molecule is O=C(CCCc1ccccc1)N1CCOc2ccc(N3CCOCC3)cc2C1. The van der Waals surface area contributed by atoms with Crippen molar-refractivity contribution in [1.82, 2.24) is 4.90 Å². The van der Waals surface area contributed by atoms with E-state index in [2.05, 4.69) is 29.2 Å². The number of carbonyl (C=O) groups is 1. The Hall–Kier alpha value is -2.53. The molecule has 0 saturated carbocycles. The van der Waals surface area contributed by atoms with Crippen LogP contribution in [0.4, 0.5) is 5.69 Å². The van der Waals surface area contributed by atoms with Crippen LogP contribution in [0, 0.1) is 0 Å². The maximum absolute atomic E-state index is 12.8. The van der Waals surface area contributed by atoms with Gasteiger partial charge in [0.05, 0.1) is 19.8 Å². The van der Waals surface area contributed by atoms with Gasteiger partial charge in [0.15, 0.2) is 0 Å². The Morgan fingerprint density at radius 3 is 2.61 bits per heavy atom. The molecule has 0 bridgehead atoms. The highest BCUT2D eigenvalue weighted by atomic mass is 16.5. The van der Waals surface area contributed by atoms with Gasteiger partial charge in [-0.25, -0.2) is 0 Å². The van der Waals surface area contributed by atoms with Crippen molar-refractivity contribution in [2.45, 2.75) is 25.8 Å². The average Bonchev–Trinajstić information content (AvgIpc) is 2.97. The average molecular weight is 380 g/mol. The Morgan fingerprint density at radius 2 is 1.79 bits per heavy atom. The molecule has 2 heterocycles. The van der Waals surface area contributed by atoms with Gasteiger partial charge in [-0.1, -0.05) is 30.3 Å². The molecule has 2 aromatic rings. The summed E-state index contributed by atoms with van der Waals surface area (Å²) in [7, 11) is 0. The van der Waals surface area contributed by atoms with E-state index in [0.29, 0.717) is 26.1 Å². The largest absolute Gasteiger partial charge is 0.491 e. The molecular formula is C23H28N2O3. The quantitative estimate of drug-likeness (QED) is 0.798. The summed E-state index contributed by atoms with van der Waals surface area (Å²) in [6, 6.07) is 16.7. The van der Waals surface area contributed by atoms with Crippen molar-refractivity contribution in [1.29, 1.82) is 0 Å². The first-order valence-corrected chi connectivity index (χ1v) is 10.2. The highest BCUT2D eigenvalue weighted by molar-refractivity contribution is 5.76. The predicted molar refractivity (Wildman–Crippen MR) is 110 cm³/mol. The standard InChI is InChI=1S/C23H28N2O3/c26-23(8-4-7-19-5-2-1-3-6-19)25-13-16-28-22-10-9-21(17-20(22)18-25)24-11-14-27-15-12-24/h1-3,5-6,9-10,17H,4,7-8,11-16,18H2. The first-order valence-electron chi connectivity index (χ1n) is 10.2. The molecule has 0 radical (unpaired) electrons. The van der Waals surface area contributed by atoms with Crippen molar-refractivity contribution in [3.63, 3.8) is 0 Å². The number of benzene rings is 2. The number of carbonyl (C=O) groups excluding carboxylic acids is 1. The Morgan fingerprint density at radius 1 is 0.964 bits per heavy atom. The van der Waals surface area contributed by atoms with E-state index in [0.717, 1.165) is 50.5 Å². The maximum Gasteiger partial charge on any atom is 0.222 e. The zero-order valence-electron chi connectivity index (χ0n) is 16.3. The van der Waals surface area contributed by atoms with Gasteiger partial charge in [0, 0.05) is 37.3 Å². The Bertz CT molecular complexity index is 788. The van der Waals surface area contributed by atoms with E-state index >= 15 is 0 Å². The fourth-order valence-electron chi connectivity index (χ4n) is 3.86. The lowest BCUT2D eigenvalue weighted by atomic mass is 10.1. The van der Waals surface area contributed by atoms with Crippen LogP contribution in [0.2, 0.25) is 0 Å². The number of ether oxygens (including phenoxy) is 2. The monoisotopic (exact) mass is 380 g/mol. The van der Waals surface area contributed by atoms with E-state index in [9.17, 15) is 4.79 Å². The van der Waals surface area contributed by atoms with Gasteiger partial charge in [0.2, 0.25) is 5.91 Å². The number of amides is 1. The van der Waals surface area contributed by atoms with Crippen LogP contribution in [0.15, 0.2) is 48.5 Å². The third kappa shape index (κ3) is 4.65. The molecule has 28 heavy (non-hydrogen) atoms. The number of hydrogen-bond acceptors (Lipinski definition) is 4. The van der Waals surface area contributed by atoms with Gasteiger partial charge in [-0.2, -0.15) is 0 Å². The van der Waals surface area contributed by atoms with E-state index in [1.54, 1.807) is 0 Å². The van der Waals surface area contributed by atoms with Gasteiger partial charge in [-0.15, -0.1) is 0 Å². The molecular weight excluding hydrogens is 352 g/mol. The van der Waals surface area contributed by atoms with Crippen LogP contribution in [-0.4, -0.2) is 50.3 Å². The molecule has 5 nitrogen and oxygen atoms in total. The van der Waals surface area contributed by atoms with Crippen LogP contribution < -0.4 is 9.64 Å². The summed E-state index contributed by atoms with van der Waals surface area (Å²) in [6.07, 6.45) is 2.39. The molecule has 1 fully saturated rings. The topological polar surface area (TPSA) is 42.0 Å². The van der Waals surface area contributed by atoms with Gasteiger partial charge in [-0.05, 0) is 36.6 Å². The Kier molecular flexibility index (Phi) is 6.12. The van der Waals surface area contributed by atoms with Crippen LogP contribution in [0.25, 0.3) is 0 Å². The lowest BCUT2D eigenvalue weighted by molar-refractivity contribution is -0.132. The molecule has 0 unspecified atom stereocenters. The summed E-state index contributed by atoms with van der Waals surface area (Å²) < 4.78 is 11.4. The van der Waals surface area contributed by atoms with E-state index in [-0.39, 0.29) is 5.91 Å². The zero-order valence-corrected chi connectivity index (χ0v) is 16.3. The van der Waals surface area contributed by atoms with Gasteiger partial charge in [-0.3, -0.25) is 4.79 Å². The second-order valence-electron chi connectivity index (χ2n) is 7.39. The molecule has 0 N–H and O–H groups in total. The molecule has 0 aromatic heterocycles. The van der Waals surface area contributed by atoms with Crippen LogP contribution in [0.5, 0.6) is 5.75 Å². The number of morpholine rings is 1. The maximum atomic E-state index is 12.8. The first-order chi connectivity index (χ1) is 13.8. The summed E-state index contributed by atoms with van der Waals surface area (Å²) >= 11 is 0. The van der Waals surface area contributed by atoms with Crippen molar-refractivity contribution < 1.29 is 14.3 Å². The predicted octanol–water partition coefficient (Wildman–Crippen LogP) is 3.27. The second-order valence-corrected chi connectivity index (χ2v) is 7.39. The van der Waals surface area contributed by atoms with Crippen molar-refractivity contribution in [3.8, 4) is 5.75 Å². The molecule has 2 aromatic carbocycles. The van der Waals surface area contributed by atoms with Crippen LogP contribution in [-0.2, 0) is 22.5 Å². The number of hydrogen-bond donors (Lipinski definition) is 0. The minimum absolute atomic E-state index is 0.212. The molecule has 2 aliphatic heterocycles. The van der Waals surface area contributed by atoms with Crippen molar-refractivity contribution in [3.05, 3.63) is 59.7 Å². The summed E-state index contributed by atoms with van der Waals surface area (Å²) in [6.45, 7) is 5.15. The Balaban J connectivity index is 1.38. The molecule has 0 atom stereocenters. The summed E-state index contributed by atoms with van der Waals surface area (Å²) in [5.74, 6) is 1.11. The molecule has 4 rings (SSSR count). The van der Waals surface area contributed by atoms with Gasteiger partial charge in [0.25, 0.3) is 0 Å². The van der Waals surface area contributed by atoms with E-state index in [1.165, 1.54) is 11.3 Å². The normalized spacial score (nSPS) is 16.9. The summed E-state index contributed by atoms with van der Waals surface area (Å²) in [4.78, 5) is 17.1. The smallest absolute Gasteiger partial charge is 0.222 e. The second kappa shape index (κ2) is 9.11. The number of rotatable bonds is 5. The Labute approximate surface area is 166 Å². The molecule has 1 saturated heterocycles. The minimum atomic E-state index is 0.212. The third-order valence-corrected chi connectivity index (χ3v) is 5.45. The van der Waals surface area contributed by atoms with Gasteiger partial charge < -0.3 is 19.3 Å². The number of nitrogens with zero attached hydrogens (tertiary/aromatic N) is 2. The summed E-state index contributed by atoms with van der Waals surface area (Å²) in [5.41, 5.74) is 3.57. The highest BCUT2D eigenvalue weighted by Gasteiger charge is 2.21. The first kappa shape index (κ1) is 18.8. The highest BCUT2D eigenvalue weighted by Crippen LogP contribution is 2.29. The van der Waals surface area contributed by atoms with Gasteiger partial charge >= 0.3 is 0 Å². The number of fused-ring (bicyclic) bond motifs is 1. The summed E-state index contributed by atoms with van der Waals surface area (Å²) in [5, 5.41) is 0. The van der Waals surface area contributed by atoms with Crippen molar-refractivity contribution in [2.24, 2.45) is 0 Å². The fourth-order valence-corrected chi connectivity index (χ4v) is 3.86. The third-order valence-electron chi connectivity index (χ3n) is 5.45. The lowest BCUT2D eigenvalue weighted by Gasteiger charge is -2.29. The minimum Gasteiger partial charge on any atom is -0.491 e. The van der Waals surface area contributed by atoms with Crippen LogP contribution >= 0.6 is 0 Å². The molecule has 0 aliphatic carbocycles. The lowest BCUT2D eigenvalue weighted by Crippen LogP contribution is -2.36. The fraction of sp³-hybridized carbons (Fsp3) is 0.435. The molecule has 0 spiro atoms. The van der Waals surface area contributed by atoms with Crippen LogP contribution in [0.1, 0.15) is 24.0 Å². The van der Waals surface area contributed by atoms with Crippen molar-refractivity contribution >= 4 is 11.6 Å². The van der Waals surface area contributed by atoms with Gasteiger partial charge in [0.1, 0.15) is 12.4 Å². The van der Waals surface area contributed by atoms with E-state index in [4.69, 9.17) is 9.47 Å². The zero-order chi connectivity index (χ0) is 19.2. The molecule has 148 valence electrons. The van der Waals surface area contributed by atoms with E-state index < -0.39 is 0 Å². The van der Waals surface area contributed by atoms with Crippen LogP contribution in [0.3, 0.4) is 0 Å². The van der Waals surface area contributed by atoms with E-state index in [1.807, 2.05) is 29.2 Å². The molecule has 5 heteroatoms. The number of aryl methyl sites for hydroxylation is 1. The number of anilines is 1. The van der Waals surface area contributed by atoms with Crippen molar-refractivity contribution in [2.75, 3.05) is 44.4 Å². The molecule has 1 amide bonds.